The van der Waals surface area contributed by atoms with Gasteiger partial charge >= 0.3 is 7.12 Å². The molecule has 0 bridgehead atoms. The zero-order valence-corrected chi connectivity index (χ0v) is 12.2. The van der Waals surface area contributed by atoms with E-state index < -0.39 is 7.12 Å². The van der Waals surface area contributed by atoms with Crippen LogP contribution in [-0.2, 0) is 20.7 Å². The number of hydrogen-bond acceptors (Lipinski definition) is 5. The monoisotopic (exact) mass is 289 g/mol. The minimum Gasteiger partial charge on any atom is -0.427 e. The van der Waals surface area contributed by atoms with E-state index in [1.807, 2.05) is 18.2 Å². The van der Waals surface area contributed by atoms with E-state index in [1.54, 1.807) is 6.20 Å². The Morgan fingerprint density at radius 3 is 2.81 bits per heavy atom. The molecule has 112 valence electrons. The number of pyridine rings is 1. The number of ketones is 2. The second-order valence-electron chi connectivity index (χ2n) is 5.63. The summed E-state index contributed by atoms with van der Waals surface area (Å²) in [7, 11) is -0.962. The molecule has 0 aliphatic carbocycles. The summed E-state index contributed by atoms with van der Waals surface area (Å²) in [6.07, 6.45) is 3.73. The van der Waals surface area contributed by atoms with Crippen LogP contribution < -0.4 is 0 Å². The van der Waals surface area contributed by atoms with Gasteiger partial charge in [0.1, 0.15) is 11.6 Å². The zero-order valence-electron chi connectivity index (χ0n) is 12.2. The molecule has 2 heterocycles. The normalized spacial score (nSPS) is 22.1. The third-order valence-corrected chi connectivity index (χ3v) is 3.70. The Hall–Kier alpha value is -1.53. The fourth-order valence-electron chi connectivity index (χ4n) is 2.66. The van der Waals surface area contributed by atoms with Crippen molar-refractivity contribution in [3.8, 4) is 0 Å². The summed E-state index contributed by atoms with van der Waals surface area (Å²) in [6, 6.07) is 5.47. The standard InChI is InChI=1S/C15H20BNO4/c1-11(18)8-15-6-5-12(16(20)21-15)9-14(19)10-13-4-2-3-7-17-13/h2-4,7,12,15,20H,5-6,8-10H2,1H3/t12-,15+/m1/s1. The predicted octanol–water partition coefficient (Wildman–Crippen LogP) is 1.59. The second-order valence-corrected chi connectivity index (χ2v) is 5.63. The molecule has 1 aliphatic rings. The van der Waals surface area contributed by atoms with Gasteiger partial charge in [0.2, 0.25) is 0 Å². The average Bonchev–Trinajstić information content (AvgIpc) is 2.42. The van der Waals surface area contributed by atoms with Gasteiger partial charge in [-0.25, -0.2) is 0 Å². The summed E-state index contributed by atoms with van der Waals surface area (Å²) in [5, 5.41) is 9.97. The number of carbonyl (C=O) groups is 2. The predicted molar refractivity (Wildman–Crippen MR) is 78.7 cm³/mol. The Morgan fingerprint density at radius 2 is 2.19 bits per heavy atom. The third-order valence-electron chi connectivity index (χ3n) is 3.70. The van der Waals surface area contributed by atoms with Crippen molar-refractivity contribution in [1.82, 2.24) is 4.98 Å². The van der Waals surface area contributed by atoms with Crippen molar-refractivity contribution in [2.45, 2.75) is 50.9 Å². The highest BCUT2D eigenvalue weighted by molar-refractivity contribution is 6.45. The summed E-state index contributed by atoms with van der Waals surface area (Å²) < 4.78 is 5.43. The fourth-order valence-corrected chi connectivity index (χ4v) is 2.66. The first kappa shape index (κ1) is 15.9. The van der Waals surface area contributed by atoms with Crippen molar-refractivity contribution in [3.63, 3.8) is 0 Å². The maximum absolute atomic E-state index is 12.0. The van der Waals surface area contributed by atoms with Gasteiger partial charge in [-0.15, -0.1) is 0 Å². The van der Waals surface area contributed by atoms with Gasteiger partial charge in [-0.2, -0.15) is 0 Å². The van der Waals surface area contributed by atoms with E-state index in [0.29, 0.717) is 19.3 Å². The van der Waals surface area contributed by atoms with Gasteiger partial charge in [0.05, 0.1) is 0 Å². The maximum atomic E-state index is 12.0. The number of rotatable bonds is 6. The second kappa shape index (κ2) is 7.47. The van der Waals surface area contributed by atoms with Crippen molar-refractivity contribution in [3.05, 3.63) is 30.1 Å². The van der Waals surface area contributed by atoms with Crippen molar-refractivity contribution in [1.29, 1.82) is 0 Å². The minimum atomic E-state index is -0.962. The zero-order chi connectivity index (χ0) is 15.2. The molecule has 0 spiro atoms. The van der Waals surface area contributed by atoms with Gasteiger partial charge in [-0.3, -0.25) is 14.6 Å². The van der Waals surface area contributed by atoms with E-state index in [0.717, 1.165) is 5.69 Å². The van der Waals surface area contributed by atoms with Crippen LogP contribution in [0.1, 0.15) is 38.3 Å². The molecule has 0 saturated carbocycles. The third kappa shape index (κ3) is 5.06. The lowest BCUT2D eigenvalue weighted by Gasteiger charge is -2.30. The molecule has 1 aliphatic heterocycles. The van der Waals surface area contributed by atoms with E-state index >= 15 is 0 Å². The molecule has 0 aromatic carbocycles. The lowest BCUT2D eigenvalue weighted by molar-refractivity contribution is -0.120. The van der Waals surface area contributed by atoms with E-state index in [-0.39, 0.29) is 36.3 Å². The molecule has 1 aromatic heterocycles. The summed E-state index contributed by atoms with van der Waals surface area (Å²) in [5.41, 5.74) is 0.739. The number of hydrogen-bond donors (Lipinski definition) is 1. The van der Waals surface area contributed by atoms with Crippen molar-refractivity contribution >= 4 is 18.7 Å². The number of Topliss-reactive ketones (excluding diaryl/α,β-unsaturated/α-hetero) is 2. The van der Waals surface area contributed by atoms with Gasteiger partial charge in [-0.1, -0.05) is 6.07 Å². The van der Waals surface area contributed by atoms with Crippen LogP contribution in [0.3, 0.4) is 0 Å². The molecule has 6 heteroatoms. The number of nitrogens with zero attached hydrogens (tertiary/aromatic N) is 1. The largest absolute Gasteiger partial charge is 0.458 e. The molecule has 1 aromatic rings. The molecule has 1 fully saturated rings. The van der Waals surface area contributed by atoms with E-state index in [2.05, 4.69) is 4.98 Å². The first-order valence-electron chi connectivity index (χ1n) is 7.29. The summed E-state index contributed by atoms with van der Waals surface area (Å²) in [6.45, 7) is 1.51. The number of carbonyl (C=O) groups excluding carboxylic acids is 2. The molecule has 0 radical (unpaired) electrons. The molecule has 0 unspecified atom stereocenters. The van der Waals surface area contributed by atoms with Gasteiger partial charge in [-0.05, 0) is 31.9 Å². The molecular weight excluding hydrogens is 269 g/mol. The van der Waals surface area contributed by atoms with Crippen molar-refractivity contribution in [2.24, 2.45) is 0 Å². The topological polar surface area (TPSA) is 76.5 Å². The molecular formula is C15H20BNO4. The SMILES string of the molecule is CC(=O)C[C@@H]1CC[C@H](CC(=O)Cc2ccccn2)B(O)O1. The van der Waals surface area contributed by atoms with E-state index in [1.165, 1.54) is 6.92 Å². The highest BCUT2D eigenvalue weighted by Crippen LogP contribution is 2.31. The van der Waals surface area contributed by atoms with Crippen molar-refractivity contribution < 1.29 is 19.3 Å². The quantitative estimate of drug-likeness (QED) is 0.805. The lowest BCUT2D eigenvalue weighted by atomic mass is 9.64. The van der Waals surface area contributed by atoms with Crippen LogP contribution in [-0.4, -0.2) is 34.8 Å². The van der Waals surface area contributed by atoms with Gasteiger partial charge in [0, 0.05) is 43.1 Å². The Morgan fingerprint density at radius 1 is 1.38 bits per heavy atom. The Balaban J connectivity index is 1.81. The Kier molecular flexibility index (Phi) is 5.64. The molecule has 1 saturated heterocycles. The van der Waals surface area contributed by atoms with Crippen LogP contribution in [0.2, 0.25) is 5.82 Å². The molecule has 1 N–H and O–H groups in total. The van der Waals surface area contributed by atoms with E-state index in [9.17, 15) is 14.6 Å². The van der Waals surface area contributed by atoms with Crippen LogP contribution in [0.5, 0.6) is 0 Å². The Bertz CT molecular complexity index is 494. The maximum Gasteiger partial charge on any atom is 0.458 e. The fraction of sp³-hybridized carbons (Fsp3) is 0.533. The molecule has 2 atom stereocenters. The Labute approximate surface area is 124 Å². The lowest BCUT2D eigenvalue weighted by Crippen LogP contribution is -2.37. The molecule has 0 amide bonds. The number of aromatic nitrogens is 1. The first-order valence-corrected chi connectivity index (χ1v) is 7.29. The molecule has 21 heavy (non-hydrogen) atoms. The van der Waals surface area contributed by atoms with Gasteiger partial charge in [0.15, 0.2) is 0 Å². The van der Waals surface area contributed by atoms with Crippen LogP contribution in [0.4, 0.5) is 0 Å². The summed E-state index contributed by atoms with van der Waals surface area (Å²) in [5.74, 6) is -0.0901. The highest BCUT2D eigenvalue weighted by atomic mass is 16.5. The van der Waals surface area contributed by atoms with Crippen LogP contribution in [0.25, 0.3) is 0 Å². The van der Waals surface area contributed by atoms with E-state index in [4.69, 9.17) is 4.65 Å². The average molecular weight is 289 g/mol. The molecule has 2 rings (SSSR count). The first-order chi connectivity index (χ1) is 10.0. The van der Waals surface area contributed by atoms with Crippen LogP contribution >= 0.6 is 0 Å². The van der Waals surface area contributed by atoms with Crippen LogP contribution in [0.15, 0.2) is 24.4 Å². The summed E-state index contributed by atoms with van der Waals surface area (Å²) in [4.78, 5) is 27.2. The van der Waals surface area contributed by atoms with Gasteiger partial charge < -0.3 is 9.68 Å². The summed E-state index contributed by atoms with van der Waals surface area (Å²) >= 11 is 0. The van der Waals surface area contributed by atoms with Gasteiger partial charge in [0.25, 0.3) is 0 Å². The van der Waals surface area contributed by atoms with Crippen LogP contribution in [0, 0.1) is 0 Å². The minimum absolute atomic E-state index is 0.0476. The molecule has 5 nitrogen and oxygen atoms in total. The smallest absolute Gasteiger partial charge is 0.427 e. The van der Waals surface area contributed by atoms with Crippen molar-refractivity contribution in [2.75, 3.05) is 0 Å². The highest BCUT2D eigenvalue weighted by Gasteiger charge is 2.36.